The number of fused-ring (bicyclic) bond motifs is 5. The average molecular weight is 785 g/mol. The van der Waals surface area contributed by atoms with E-state index in [0.29, 0.717) is 5.56 Å². The Morgan fingerprint density at radius 3 is 1.66 bits per heavy atom. The standard InChI is InChI=1S/C60H36N2/c61-35-42-23-24-43-36-62(44-27-25-37-11-1-2-14-40(37)33-44)56-32-31-47(53-30-29-48(42)57(43)60(53)56)41-26-28-54-55(34-41)59(50-22-10-16-39-13-4-6-18-46(39)50)52-20-8-7-19-51(52)58(54)49-21-9-15-38-12-3-5-17-45(38)49/h1-34H,36H2. The van der Waals surface area contributed by atoms with Crippen LogP contribution >= 0.6 is 0 Å². The summed E-state index contributed by atoms with van der Waals surface area (Å²) < 4.78 is 0. The molecule has 1 aliphatic heterocycles. The predicted octanol–water partition coefficient (Wildman–Crippen LogP) is 16.3. The van der Waals surface area contributed by atoms with E-state index in [0.717, 1.165) is 28.9 Å². The van der Waals surface area contributed by atoms with Crippen molar-refractivity contribution in [2.45, 2.75) is 6.54 Å². The van der Waals surface area contributed by atoms with Gasteiger partial charge in [-0.2, -0.15) is 5.26 Å². The molecule has 0 saturated carbocycles. The highest BCUT2D eigenvalue weighted by Crippen LogP contribution is 2.50. The zero-order valence-electron chi connectivity index (χ0n) is 33.7. The Labute approximate surface area is 358 Å². The molecule has 2 heteroatoms. The summed E-state index contributed by atoms with van der Waals surface area (Å²) >= 11 is 0. The molecule has 0 amide bonds. The maximum Gasteiger partial charge on any atom is 0.0998 e. The van der Waals surface area contributed by atoms with E-state index in [1.54, 1.807) is 0 Å². The first-order valence-corrected chi connectivity index (χ1v) is 21.3. The van der Waals surface area contributed by atoms with Gasteiger partial charge in [0.05, 0.1) is 11.6 Å². The summed E-state index contributed by atoms with van der Waals surface area (Å²) in [6.07, 6.45) is 0. The van der Waals surface area contributed by atoms with Crippen LogP contribution < -0.4 is 4.90 Å². The van der Waals surface area contributed by atoms with Crippen molar-refractivity contribution in [1.82, 2.24) is 0 Å². The second-order valence-electron chi connectivity index (χ2n) is 16.7. The summed E-state index contributed by atoms with van der Waals surface area (Å²) in [5, 5.41) is 27.2. The lowest BCUT2D eigenvalue weighted by Crippen LogP contribution is -2.20. The topological polar surface area (TPSA) is 27.0 Å². The third kappa shape index (κ3) is 5.03. The van der Waals surface area contributed by atoms with E-state index >= 15 is 0 Å². The predicted molar refractivity (Wildman–Crippen MR) is 262 cm³/mol. The minimum Gasteiger partial charge on any atom is -0.336 e. The molecule has 1 heterocycles. The largest absolute Gasteiger partial charge is 0.336 e. The number of hydrogen-bond acceptors (Lipinski definition) is 2. The fourth-order valence-corrected chi connectivity index (χ4v) is 10.7. The van der Waals surface area contributed by atoms with Crippen LogP contribution in [-0.2, 0) is 6.54 Å². The van der Waals surface area contributed by atoms with Gasteiger partial charge >= 0.3 is 0 Å². The van der Waals surface area contributed by atoms with Gasteiger partial charge in [-0.05, 0) is 134 Å². The van der Waals surface area contributed by atoms with E-state index in [9.17, 15) is 5.26 Å². The van der Waals surface area contributed by atoms with Crippen molar-refractivity contribution in [3.8, 4) is 39.4 Å². The van der Waals surface area contributed by atoms with Gasteiger partial charge in [0.2, 0.25) is 0 Å². The van der Waals surface area contributed by atoms with Crippen molar-refractivity contribution in [3.63, 3.8) is 0 Å². The average Bonchev–Trinajstić information content (AvgIpc) is 3.34. The molecular weight excluding hydrogens is 749 g/mol. The molecule has 0 aromatic heterocycles. The Kier molecular flexibility index (Phi) is 7.47. The van der Waals surface area contributed by atoms with E-state index in [-0.39, 0.29) is 0 Å². The second kappa shape index (κ2) is 13.4. The van der Waals surface area contributed by atoms with Gasteiger partial charge in [0.25, 0.3) is 0 Å². The SMILES string of the molecule is N#Cc1ccc2c3c1ccc1c(-c4ccc5c(-c6cccc7ccccc67)c6ccccc6c(-c6cccc7ccccc67)c5c4)ccc(c13)N(c1ccc3ccccc3c1)C2. The summed E-state index contributed by atoms with van der Waals surface area (Å²) in [4.78, 5) is 2.45. The molecule has 12 aromatic rings. The summed E-state index contributed by atoms with van der Waals surface area (Å²) in [7, 11) is 0. The molecule has 0 unspecified atom stereocenters. The minimum absolute atomic E-state index is 0.708. The van der Waals surface area contributed by atoms with Gasteiger partial charge in [-0.1, -0.05) is 176 Å². The highest BCUT2D eigenvalue weighted by molar-refractivity contribution is 6.27. The van der Waals surface area contributed by atoms with Crippen molar-refractivity contribution in [2.24, 2.45) is 0 Å². The van der Waals surface area contributed by atoms with E-state index < -0.39 is 0 Å². The zero-order valence-corrected chi connectivity index (χ0v) is 33.7. The highest BCUT2D eigenvalue weighted by atomic mass is 15.1. The number of anilines is 2. The van der Waals surface area contributed by atoms with Crippen LogP contribution in [0.1, 0.15) is 11.1 Å². The van der Waals surface area contributed by atoms with Crippen molar-refractivity contribution in [3.05, 3.63) is 217 Å². The van der Waals surface area contributed by atoms with E-state index in [4.69, 9.17) is 0 Å². The summed E-state index contributed by atoms with van der Waals surface area (Å²) in [5.74, 6) is 0. The van der Waals surface area contributed by atoms with Crippen LogP contribution in [0.4, 0.5) is 11.4 Å². The first-order chi connectivity index (χ1) is 30.7. The summed E-state index contributed by atoms with van der Waals surface area (Å²) in [6.45, 7) is 0.723. The van der Waals surface area contributed by atoms with Crippen molar-refractivity contribution >= 4 is 86.8 Å². The molecular formula is C60H36N2. The van der Waals surface area contributed by atoms with Crippen LogP contribution in [0.5, 0.6) is 0 Å². The van der Waals surface area contributed by atoms with Gasteiger partial charge < -0.3 is 4.90 Å². The van der Waals surface area contributed by atoms with Gasteiger partial charge in [0, 0.05) is 28.7 Å². The van der Waals surface area contributed by atoms with E-state index in [1.165, 1.54) is 103 Å². The maximum absolute atomic E-state index is 10.3. The van der Waals surface area contributed by atoms with Crippen LogP contribution in [0, 0.1) is 11.3 Å². The van der Waals surface area contributed by atoms with Crippen LogP contribution in [0.2, 0.25) is 0 Å². The van der Waals surface area contributed by atoms with Crippen molar-refractivity contribution in [2.75, 3.05) is 4.90 Å². The summed E-state index contributed by atoms with van der Waals surface area (Å²) in [6, 6.07) is 78.1. The Bertz CT molecular complexity index is 3910. The van der Waals surface area contributed by atoms with E-state index in [1.807, 2.05) is 6.07 Å². The Balaban J connectivity index is 1.13. The monoisotopic (exact) mass is 784 g/mol. The smallest absolute Gasteiger partial charge is 0.0998 e. The van der Waals surface area contributed by atoms with Gasteiger partial charge in [-0.25, -0.2) is 0 Å². The third-order valence-corrected chi connectivity index (χ3v) is 13.5. The number of benzene rings is 12. The first kappa shape index (κ1) is 34.6. The number of nitrogens with zero attached hydrogens (tertiary/aromatic N) is 2. The molecule has 0 fully saturated rings. The van der Waals surface area contributed by atoms with Gasteiger partial charge in [-0.15, -0.1) is 0 Å². The molecule has 0 bridgehead atoms. The lowest BCUT2D eigenvalue weighted by molar-refractivity contribution is 0.983. The fraction of sp³-hybridized carbons (Fsp3) is 0.0167. The first-order valence-electron chi connectivity index (χ1n) is 21.3. The Morgan fingerprint density at radius 1 is 0.371 bits per heavy atom. The quantitative estimate of drug-likeness (QED) is 0.131. The van der Waals surface area contributed by atoms with Gasteiger partial charge in [0.1, 0.15) is 0 Å². The molecule has 62 heavy (non-hydrogen) atoms. The van der Waals surface area contributed by atoms with Gasteiger partial charge in [0.15, 0.2) is 0 Å². The fourth-order valence-electron chi connectivity index (χ4n) is 10.7. The molecule has 12 aromatic carbocycles. The molecule has 0 N–H and O–H groups in total. The maximum atomic E-state index is 10.3. The number of rotatable bonds is 4. The molecule has 0 saturated heterocycles. The molecule has 0 spiro atoms. The molecule has 0 atom stereocenters. The Hall–Kier alpha value is -8.25. The van der Waals surface area contributed by atoms with E-state index in [2.05, 4.69) is 211 Å². The minimum atomic E-state index is 0.708. The van der Waals surface area contributed by atoms with Gasteiger partial charge in [-0.3, -0.25) is 0 Å². The molecule has 2 nitrogen and oxygen atoms in total. The van der Waals surface area contributed by atoms with Crippen LogP contribution in [0.3, 0.4) is 0 Å². The zero-order chi connectivity index (χ0) is 40.9. The lowest BCUT2D eigenvalue weighted by Gasteiger charge is -2.33. The van der Waals surface area contributed by atoms with Crippen LogP contribution in [0.25, 0.3) is 109 Å². The molecule has 0 radical (unpaired) electrons. The van der Waals surface area contributed by atoms with Crippen molar-refractivity contribution < 1.29 is 0 Å². The molecule has 1 aliphatic rings. The van der Waals surface area contributed by atoms with Crippen LogP contribution in [-0.4, -0.2) is 0 Å². The normalized spacial score (nSPS) is 12.4. The summed E-state index contributed by atoms with van der Waals surface area (Å²) in [5.41, 5.74) is 11.5. The number of hydrogen-bond donors (Lipinski definition) is 0. The van der Waals surface area contributed by atoms with Crippen LogP contribution in [0.15, 0.2) is 206 Å². The molecule has 13 rings (SSSR count). The molecule has 0 aliphatic carbocycles. The molecule has 286 valence electrons. The Morgan fingerprint density at radius 2 is 0.952 bits per heavy atom. The van der Waals surface area contributed by atoms with Crippen molar-refractivity contribution in [1.29, 1.82) is 5.26 Å². The number of nitriles is 1. The highest BCUT2D eigenvalue weighted by Gasteiger charge is 2.26. The second-order valence-corrected chi connectivity index (χ2v) is 16.7. The third-order valence-electron chi connectivity index (χ3n) is 13.5. The lowest BCUT2D eigenvalue weighted by atomic mass is 9.82.